The Morgan fingerprint density at radius 3 is 2.50 bits per heavy atom. The summed E-state index contributed by atoms with van der Waals surface area (Å²) in [6, 6.07) is 3.38. The number of benzene rings is 1. The van der Waals surface area contributed by atoms with Gasteiger partial charge in [0.25, 0.3) is 0 Å². The zero-order chi connectivity index (χ0) is 14.7. The second kappa shape index (κ2) is 6.60. The minimum atomic E-state index is -0.631. The summed E-state index contributed by atoms with van der Waals surface area (Å²) in [4.78, 5) is 8.50. The lowest BCUT2D eigenvalue weighted by Gasteiger charge is -2.17. The van der Waals surface area contributed by atoms with Gasteiger partial charge in [0.2, 0.25) is 0 Å². The van der Waals surface area contributed by atoms with Gasteiger partial charge in [-0.25, -0.2) is 18.7 Å². The molecule has 0 fully saturated rings. The third-order valence-electron chi connectivity index (χ3n) is 2.78. The molecule has 7 heteroatoms. The number of hydrogen-bond donors (Lipinski definition) is 1. The molecule has 1 aromatic carbocycles. The van der Waals surface area contributed by atoms with Gasteiger partial charge in [0.1, 0.15) is 11.6 Å². The number of nitrogens with zero attached hydrogens (tertiary/aromatic N) is 2. The van der Waals surface area contributed by atoms with E-state index < -0.39 is 17.6 Å². The van der Waals surface area contributed by atoms with Gasteiger partial charge >= 0.3 is 0 Å². The Morgan fingerprint density at radius 1 is 1.30 bits per heavy atom. The largest absolute Gasteiger partial charge is 0.329 e. The fourth-order valence-electron chi connectivity index (χ4n) is 1.89. The number of aromatic nitrogens is 2. The quantitative estimate of drug-likeness (QED) is 0.671. The van der Waals surface area contributed by atoms with E-state index in [0.29, 0.717) is 20.9 Å². The minimum absolute atomic E-state index is 0.187. The van der Waals surface area contributed by atoms with Crippen molar-refractivity contribution in [2.75, 3.05) is 12.8 Å². The monoisotopic (exact) mass is 359 g/mol. The molecule has 0 spiro atoms. The van der Waals surface area contributed by atoms with Crippen LogP contribution in [0.5, 0.6) is 0 Å². The van der Waals surface area contributed by atoms with E-state index in [1.54, 1.807) is 6.20 Å². The molecule has 1 heterocycles. The van der Waals surface area contributed by atoms with E-state index in [0.717, 1.165) is 6.07 Å². The first-order valence-electron chi connectivity index (χ1n) is 5.77. The van der Waals surface area contributed by atoms with Gasteiger partial charge in [0.15, 0.2) is 5.16 Å². The van der Waals surface area contributed by atoms with Crippen molar-refractivity contribution in [1.82, 2.24) is 9.97 Å². The molecule has 2 rings (SSSR count). The molecule has 3 nitrogen and oxygen atoms in total. The lowest BCUT2D eigenvalue weighted by Crippen LogP contribution is -2.17. The maximum atomic E-state index is 13.4. The van der Waals surface area contributed by atoms with Crippen LogP contribution in [0, 0.1) is 11.6 Å². The van der Waals surface area contributed by atoms with Crippen LogP contribution in [0.2, 0.25) is 0 Å². The highest BCUT2D eigenvalue weighted by Crippen LogP contribution is 2.30. The predicted molar refractivity (Wildman–Crippen MR) is 78.8 cm³/mol. The zero-order valence-electron chi connectivity index (χ0n) is 10.6. The van der Waals surface area contributed by atoms with Gasteiger partial charge in [-0.05, 0) is 39.9 Å². The molecule has 0 aliphatic carbocycles. The number of rotatable bonds is 4. The Bertz CT molecular complexity index is 604. The molecular formula is C13H12BrF2N3S. The fraction of sp³-hybridized carbons (Fsp3) is 0.231. The van der Waals surface area contributed by atoms with Crippen molar-refractivity contribution in [3.8, 4) is 0 Å². The van der Waals surface area contributed by atoms with E-state index in [2.05, 4.69) is 25.9 Å². The van der Waals surface area contributed by atoms with Crippen LogP contribution in [0.25, 0.3) is 0 Å². The first-order chi connectivity index (χ1) is 9.55. The molecule has 0 bridgehead atoms. The van der Waals surface area contributed by atoms with Gasteiger partial charge in [0, 0.05) is 24.7 Å². The first kappa shape index (κ1) is 15.3. The van der Waals surface area contributed by atoms with Gasteiger partial charge < -0.3 is 5.73 Å². The van der Waals surface area contributed by atoms with E-state index in [9.17, 15) is 8.78 Å². The summed E-state index contributed by atoms with van der Waals surface area (Å²) in [6.07, 6.45) is 3.47. The summed E-state index contributed by atoms with van der Waals surface area (Å²) >= 11 is 4.75. The van der Waals surface area contributed by atoms with Crippen molar-refractivity contribution < 1.29 is 8.78 Å². The molecule has 0 aliphatic heterocycles. The maximum absolute atomic E-state index is 13.4. The highest BCUT2D eigenvalue weighted by molar-refractivity contribution is 9.10. The van der Waals surface area contributed by atoms with Crippen LogP contribution in [0.15, 0.2) is 34.0 Å². The normalized spacial score (nSPS) is 12.4. The second-order valence-corrected chi connectivity index (χ2v) is 5.71. The molecule has 0 saturated heterocycles. The molecule has 2 aromatic rings. The Kier molecular flexibility index (Phi) is 5.06. The SMILES string of the molecule is CSc1ncc(Br)c([C@H](CN)c2cc(F)cc(F)c2)n1. The number of halogens is 3. The van der Waals surface area contributed by atoms with Crippen molar-refractivity contribution in [3.05, 3.63) is 51.8 Å². The third-order valence-corrected chi connectivity index (χ3v) is 3.96. The zero-order valence-corrected chi connectivity index (χ0v) is 13.0. The lowest BCUT2D eigenvalue weighted by molar-refractivity contribution is 0.576. The average Bonchev–Trinajstić information content (AvgIpc) is 2.40. The summed E-state index contributed by atoms with van der Waals surface area (Å²) < 4.78 is 27.4. The topological polar surface area (TPSA) is 51.8 Å². The van der Waals surface area contributed by atoms with Crippen LogP contribution in [0.3, 0.4) is 0 Å². The van der Waals surface area contributed by atoms with E-state index in [-0.39, 0.29) is 6.54 Å². The standard InChI is InChI=1S/C13H12BrF2N3S/c1-20-13-18-6-11(14)12(19-13)10(5-17)7-2-8(15)4-9(16)3-7/h2-4,6,10H,5,17H2,1H3/t10-/m1/s1. The molecule has 1 aromatic heterocycles. The van der Waals surface area contributed by atoms with E-state index in [1.165, 1.54) is 23.9 Å². The fourth-order valence-corrected chi connectivity index (χ4v) is 2.70. The van der Waals surface area contributed by atoms with Crippen LogP contribution in [-0.2, 0) is 0 Å². The predicted octanol–water partition coefficient (Wildman–Crippen LogP) is 3.33. The van der Waals surface area contributed by atoms with Crippen LogP contribution < -0.4 is 5.73 Å². The average molecular weight is 360 g/mol. The van der Waals surface area contributed by atoms with Crippen molar-refractivity contribution in [3.63, 3.8) is 0 Å². The van der Waals surface area contributed by atoms with Crippen molar-refractivity contribution in [2.45, 2.75) is 11.1 Å². The molecule has 0 radical (unpaired) electrons. The summed E-state index contributed by atoms with van der Waals surface area (Å²) in [7, 11) is 0. The molecule has 2 N–H and O–H groups in total. The van der Waals surface area contributed by atoms with E-state index >= 15 is 0 Å². The van der Waals surface area contributed by atoms with Gasteiger partial charge in [0.05, 0.1) is 10.2 Å². The number of hydrogen-bond acceptors (Lipinski definition) is 4. The summed E-state index contributed by atoms with van der Waals surface area (Å²) in [5.74, 6) is -1.66. The first-order valence-corrected chi connectivity index (χ1v) is 7.79. The van der Waals surface area contributed by atoms with Crippen LogP contribution in [-0.4, -0.2) is 22.8 Å². The van der Waals surface area contributed by atoms with Gasteiger partial charge in [-0.15, -0.1) is 0 Å². The maximum Gasteiger partial charge on any atom is 0.187 e. The minimum Gasteiger partial charge on any atom is -0.329 e. The number of nitrogens with two attached hydrogens (primary N) is 1. The molecule has 0 aliphatic rings. The molecule has 1 atom stereocenters. The van der Waals surface area contributed by atoms with E-state index in [1.807, 2.05) is 6.26 Å². The molecule has 20 heavy (non-hydrogen) atoms. The second-order valence-electron chi connectivity index (χ2n) is 4.08. The summed E-state index contributed by atoms with van der Waals surface area (Å²) in [6.45, 7) is 0.187. The van der Waals surface area contributed by atoms with Crippen molar-refractivity contribution >= 4 is 27.7 Å². The van der Waals surface area contributed by atoms with Crippen LogP contribution >= 0.6 is 27.7 Å². The Labute approximate surface area is 128 Å². The number of thioether (sulfide) groups is 1. The van der Waals surface area contributed by atoms with Crippen molar-refractivity contribution in [2.24, 2.45) is 5.73 Å². The molecule has 106 valence electrons. The summed E-state index contributed by atoms with van der Waals surface area (Å²) in [5, 5.41) is 0.582. The Hall–Kier alpha value is -1.05. The third kappa shape index (κ3) is 3.34. The van der Waals surface area contributed by atoms with Crippen molar-refractivity contribution in [1.29, 1.82) is 0 Å². The van der Waals surface area contributed by atoms with Gasteiger partial charge in [-0.2, -0.15) is 0 Å². The van der Waals surface area contributed by atoms with E-state index in [4.69, 9.17) is 5.73 Å². The van der Waals surface area contributed by atoms with Gasteiger partial charge in [-0.3, -0.25) is 0 Å². The van der Waals surface area contributed by atoms with Gasteiger partial charge in [-0.1, -0.05) is 11.8 Å². The smallest absolute Gasteiger partial charge is 0.187 e. The Morgan fingerprint density at radius 2 is 1.95 bits per heavy atom. The Balaban J connectivity index is 2.51. The van der Waals surface area contributed by atoms with Crippen LogP contribution in [0.4, 0.5) is 8.78 Å². The lowest BCUT2D eigenvalue weighted by atomic mass is 9.95. The highest BCUT2D eigenvalue weighted by atomic mass is 79.9. The molecule has 0 amide bonds. The van der Waals surface area contributed by atoms with Crippen LogP contribution in [0.1, 0.15) is 17.2 Å². The molecule has 0 unspecified atom stereocenters. The highest BCUT2D eigenvalue weighted by Gasteiger charge is 2.19. The molecule has 0 saturated carbocycles. The summed E-state index contributed by atoms with van der Waals surface area (Å²) in [5.41, 5.74) is 6.84. The molecular weight excluding hydrogens is 348 g/mol.